The number of carbonyl (C=O) groups is 2. The summed E-state index contributed by atoms with van der Waals surface area (Å²) in [7, 11) is 0. The average Bonchev–Trinajstić information content (AvgIpc) is 3.51. The lowest BCUT2D eigenvalue weighted by Crippen LogP contribution is -2.66. The molecule has 9 atom stereocenters. The first-order valence-electron chi connectivity index (χ1n) is 14.7. The van der Waals surface area contributed by atoms with Crippen LogP contribution in [0.3, 0.4) is 0 Å². The molecule has 0 N–H and O–H groups in total. The van der Waals surface area contributed by atoms with Crippen LogP contribution in [0.5, 0.6) is 0 Å². The van der Waals surface area contributed by atoms with E-state index in [0.29, 0.717) is 35.4 Å². The molecule has 4 heteroatoms. The highest BCUT2D eigenvalue weighted by Gasteiger charge is 2.71. The van der Waals surface area contributed by atoms with Crippen molar-refractivity contribution < 1.29 is 9.59 Å². The van der Waals surface area contributed by atoms with Gasteiger partial charge in [0.25, 0.3) is 0 Å². The van der Waals surface area contributed by atoms with Gasteiger partial charge in [0.15, 0.2) is 5.78 Å². The summed E-state index contributed by atoms with van der Waals surface area (Å²) in [5.41, 5.74) is 1.06. The minimum Gasteiger partial charge on any atom is -0.294 e. The number of carbonyl (C=O) groups excluding carboxylic acids is 2. The molecule has 4 fully saturated rings. The standard InChI is InChI=1S/C33H46N2O2/c1-21(2)22-10-15-33(28(37)35-19-18-34-20-35)17-16-31(6)23(27(22)33)8-9-25-30(5)13-12-26(36)29(3,4)24(30)11-14-32(25,31)7/h12-13,18-20,22-25,27H,1,8-11,14-17H2,2-7H3/t22-,23+,24-,25+,27+,30-,31+,32+,33-/m0/s1. The molecule has 1 aromatic rings. The molecule has 0 unspecified atom stereocenters. The van der Waals surface area contributed by atoms with E-state index in [2.05, 4.69) is 59.2 Å². The quantitative estimate of drug-likeness (QED) is 0.393. The fourth-order valence-corrected chi connectivity index (χ4v) is 11.4. The van der Waals surface area contributed by atoms with Gasteiger partial charge >= 0.3 is 0 Å². The topological polar surface area (TPSA) is 52.0 Å². The molecule has 0 bridgehead atoms. The van der Waals surface area contributed by atoms with Crippen molar-refractivity contribution in [3.63, 3.8) is 0 Å². The van der Waals surface area contributed by atoms with Crippen molar-refractivity contribution >= 4 is 11.7 Å². The van der Waals surface area contributed by atoms with Gasteiger partial charge in [-0.2, -0.15) is 0 Å². The molecule has 5 aliphatic carbocycles. The van der Waals surface area contributed by atoms with E-state index in [1.54, 1.807) is 17.1 Å². The van der Waals surface area contributed by atoms with E-state index in [-0.39, 0.29) is 33.0 Å². The van der Waals surface area contributed by atoms with Crippen molar-refractivity contribution in [1.29, 1.82) is 0 Å². The van der Waals surface area contributed by atoms with Gasteiger partial charge in [-0.15, -0.1) is 0 Å². The second-order valence-corrected chi connectivity index (χ2v) is 14.9. The van der Waals surface area contributed by atoms with Gasteiger partial charge in [-0.1, -0.05) is 52.8 Å². The Kier molecular flexibility index (Phi) is 5.33. The second kappa shape index (κ2) is 7.79. The molecule has 0 amide bonds. The van der Waals surface area contributed by atoms with Crippen molar-refractivity contribution in [2.24, 2.45) is 56.7 Å². The maximum Gasteiger partial charge on any atom is 0.238 e. The fourth-order valence-electron chi connectivity index (χ4n) is 11.4. The average molecular weight is 503 g/mol. The number of rotatable bonds is 2. The molecular weight excluding hydrogens is 456 g/mol. The Bertz CT molecular complexity index is 1180. The van der Waals surface area contributed by atoms with E-state index in [4.69, 9.17) is 0 Å². The Morgan fingerprint density at radius 2 is 1.73 bits per heavy atom. The lowest BCUT2D eigenvalue weighted by molar-refractivity contribution is -0.213. The predicted molar refractivity (Wildman–Crippen MR) is 147 cm³/mol. The summed E-state index contributed by atoms with van der Waals surface area (Å²) in [6, 6.07) is 0. The first-order valence-corrected chi connectivity index (χ1v) is 14.7. The van der Waals surface area contributed by atoms with Crippen molar-refractivity contribution in [1.82, 2.24) is 9.55 Å². The molecular formula is C33H46N2O2. The van der Waals surface area contributed by atoms with Crippen LogP contribution in [0, 0.1) is 56.7 Å². The third-order valence-corrected chi connectivity index (χ3v) is 13.5. The molecule has 0 radical (unpaired) electrons. The van der Waals surface area contributed by atoms with Crippen LogP contribution in [0.25, 0.3) is 0 Å². The Morgan fingerprint density at radius 3 is 2.41 bits per heavy atom. The molecule has 6 rings (SSSR count). The number of imidazole rings is 1. The molecule has 0 aliphatic heterocycles. The lowest BCUT2D eigenvalue weighted by Gasteiger charge is -2.71. The lowest BCUT2D eigenvalue weighted by atomic mass is 9.33. The van der Waals surface area contributed by atoms with Crippen LogP contribution in [-0.2, 0) is 4.79 Å². The third kappa shape index (κ3) is 2.99. The summed E-state index contributed by atoms with van der Waals surface area (Å²) in [4.78, 5) is 31.3. The van der Waals surface area contributed by atoms with Crippen molar-refractivity contribution in [3.05, 3.63) is 43.0 Å². The number of aromatic nitrogens is 2. The molecule has 37 heavy (non-hydrogen) atoms. The Balaban J connectivity index is 1.43. The van der Waals surface area contributed by atoms with Gasteiger partial charge < -0.3 is 0 Å². The molecule has 0 saturated heterocycles. The smallest absolute Gasteiger partial charge is 0.238 e. The summed E-state index contributed by atoms with van der Waals surface area (Å²) < 4.78 is 1.77. The molecule has 4 saturated carbocycles. The zero-order valence-electron chi connectivity index (χ0n) is 23.8. The SMILES string of the molecule is C=C(C)[C@@H]1CC[C@]2(C(=O)n3ccnc3)CC[C@]3(C)[C@H](CC[C@@H]4[C@@]5(C)C=CC(=O)C(C)(C)[C@@H]5CC[C@]43C)[C@@H]12. The molecule has 0 spiro atoms. The van der Waals surface area contributed by atoms with Crippen molar-refractivity contribution in [2.75, 3.05) is 0 Å². The molecule has 4 nitrogen and oxygen atoms in total. The zero-order chi connectivity index (χ0) is 26.6. The van der Waals surface area contributed by atoms with Crippen LogP contribution in [0.15, 0.2) is 43.0 Å². The van der Waals surface area contributed by atoms with Crippen LogP contribution >= 0.6 is 0 Å². The van der Waals surface area contributed by atoms with Gasteiger partial charge in [0, 0.05) is 17.8 Å². The van der Waals surface area contributed by atoms with Crippen molar-refractivity contribution in [3.8, 4) is 0 Å². The Hall–Kier alpha value is -1.97. The van der Waals surface area contributed by atoms with E-state index in [1.165, 1.54) is 24.8 Å². The third-order valence-electron chi connectivity index (χ3n) is 13.5. The highest BCUT2D eigenvalue weighted by molar-refractivity contribution is 5.95. The van der Waals surface area contributed by atoms with Crippen LogP contribution in [0.1, 0.15) is 97.7 Å². The highest BCUT2D eigenvalue weighted by atomic mass is 16.2. The van der Waals surface area contributed by atoms with Crippen LogP contribution in [-0.4, -0.2) is 21.2 Å². The number of ketones is 1. The van der Waals surface area contributed by atoms with Gasteiger partial charge in [-0.25, -0.2) is 4.98 Å². The normalized spacial score (nSPS) is 47.9. The van der Waals surface area contributed by atoms with Gasteiger partial charge in [-0.3, -0.25) is 14.2 Å². The van der Waals surface area contributed by atoms with E-state index in [9.17, 15) is 9.59 Å². The number of allylic oxidation sites excluding steroid dienone is 3. The van der Waals surface area contributed by atoms with Gasteiger partial charge in [-0.05, 0) is 110 Å². The summed E-state index contributed by atoms with van der Waals surface area (Å²) in [5, 5.41) is 0. The summed E-state index contributed by atoms with van der Waals surface area (Å²) in [6.45, 7) is 18.7. The van der Waals surface area contributed by atoms with Crippen LogP contribution in [0.4, 0.5) is 0 Å². The van der Waals surface area contributed by atoms with Crippen LogP contribution in [0.2, 0.25) is 0 Å². The van der Waals surface area contributed by atoms with E-state index >= 15 is 0 Å². The van der Waals surface area contributed by atoms with Gasteiger partial charge in [0.05, 0.1) is 5.41 Å². The molecule has 0 aromatic carbocycles. The number of fused-ring (bicyclic) bond motifs is 7. The van der Waals surface area contributed by atoms with Gasteiger partial charge in [0.1, 0.15) is 6.33 Å². The maximum atomic E-state index is 14.2. The summed E-state index contributed by atoms with van der Waals surface area (Å²) in [5.74, 6) is 2.80. The number of nitrogens with zero attached hydrogens (tertiary/aromatic N) is 2. The van der Waals surface area contributed by atoms with Crippen molar-refractivity contribution in [2.45, 2.75) is 92.9 Å². The Labute approximate surface area is 223 Å². The Morgan fingerprint density at radius 1 is 0.973 bits per heavy atom. The highest BCUT2D eigenvalue weighted by Crippen LogP contribution is 2.77. The molecule has 1 heterocycles. The molecule has 5 aliphatic rings. The summed E-state index contributed by atoms with van der Waals surface area (Å²) >= 11 is 0. The monoisotopic (exact) mass is 502 g/mol. The van der Waals surface area contributed by atoms with E-state index < -0.39 is 0 Å². The number of hydrogen-bond donors (Lipinski definition) is 0. The number of hydrogen-bond acceptors (Lipinski definition) is 3. The minimum atomic E-state index is -0.308. The minimum absolute atomic E-state index is 0.0446. The largest absolute Gasteiger partial charge is 0.294 e. The first kappa shape index (κ1) is 25.3. The fraction of sp³-hybridized carbons (Fsp3) is 0.727. The summed E-state index contributed by atoms with van der Waals surface area (Å²) in [6.07, 6.45) is 18.3. The molecule has 200 valence electrons. The first-order chi connectivity index (χ1) is 17.3. The predicted octanol–water partition coefficient (Wildman–Crippen LogP) is 7.53. The zero-order valence-corrected chi connectivity index (χ0v) is 23.8. The molecule has 1 aromatic heterocycles. The van der Waals surface area contributed by atoms with Gasteiger partial charge in [0.2, 0.25) is 5.91 Å². The maximum absolute atomic E-state index is 14.2. The van der Waals surface area contributed by atoms with E-state index in [0.717, 1.165) is 32.1 Å². The van der Waals surface area contributed by atoms with E-state index in [1.807, 2.05) is 12.3 Å². The second-order valence-electron chi connectivity index (χ2n) is 14.9. The van der Waals surface area contributed by atoms with Crippen LogP contribution < -0.4 is 0 Å².